The first-order valence-corrected chi connectivity index (χ1v) is 11.1. The van der Waals surface area contributed by atoms with Gasteiger partial charge in [-0.3, -0.25) is 14.5 Å². The number of carbonyl (C=O) groups is 2. The molecule has 1 saturated heterocycles. The lowest BCUT2D eigenvalue weighted by Crippen LogP contribution is -2.40. The molecular formula is C24H24FN5O3. The van der Waals surface area contributed by atoms with Gasteiger partial charge >= 0.3 is 0 Å². The zero-order valence-electron chi connectivity index (χ0n) is 18.5. The van der Waals surface area contributed by atoms with Crippen LogP contribution in [-0.4, -0.2) is 52.0 Å². The second-order valence-corrected chi connectivity index (χ2v) is 8.60. The second-order valence-electron chi connectivity index (χ2n) is 8.60. The van der Waals surface area contributed by atoms with Crippen molar-refractivity contribution in [2.24, 2.45) is 0 Å². The van der Waals surface area contributed by atoms with E-state index in [9.17, 15) is 14.0 Å². The molecule has 170 valence electrons. The predicted molar refractivity (Wildman–Crippen MR) is 118 cm³/mol. The first-order valence-electron chi connectivity index (χ1n) is 11.1. The number of aryl methyl sites for hydroxylation is 1. The van der Waals surface area contributed by atoms with Gasteiger partial charge in [-0.15, -0.1) is 0 Å². The topological polar surface area (TPSA) is 92.4 Å². The van der Waals surface area contributed by atoms with Crippen molar-refractivity contribution in [1.82, 2.24) is 20.0 Å². The Bertz CT molecular complexity index is 1220. The summed E-state index contributed by atoms with van der Waals surface area (Å²) in [4.78, 5) is 38.1. The van der Waals surface area contributed by atoms with E-state index in [1.54, 1.807) is 35.0 Å². The number of hydrogen-bond donors (Lipinski definition) is 0. The summed E-state index contributed by atoms with van der Waals surface area (Å²) in [6.45, 7) is 3.01. The first-order chi connectivity index (χ1) is 15.9. The zero-order valence-corrected chi connectivity index (χ0v) is 18.5. The van der Waals surface area contributed by atoms with Gasteiger partial charge in [0.15, 0.2) is 0 Å². The van der Waals surface area contributed by atoms with Gasteiger partial charge in [-0.25, -0.2) is 14.4 Å². The van der Waals surface area contributed by atoms with Crippen LogP contribution in [0.2, 0.25) is 0 Å². The van der Waals surface area contributed by atoms with Crippen LogP contribution in [0.1, 0.15) is 52.8 Å². The van der Waals surface area contributed by atoms with E-state index in [4.69, 9.17) is 14.5 Å². The minimum atomic E-state index is -0.340. The van der Waals surface area contributed by atoms with Crippen molar-refractivity contribution in [3.8, 4) is 11.3 Å². The highest BCUT2D eigenvalue weighted by Crippen LogP contribution is 2.32. The molecule has 5 rings (SSSR count). The molecule has 2 aliphatic rings. The Labute approximate surface area is 190 Å². The van der Waals surface area contributed by atoms with E-state index in [1.807, 2.05) is 6.92 Å². The fourth-order valence-electron chi connectivity index (χ4n) is 4.53. The summed E-state index contributed by atoms with van der Waals surface area (Å²) in [5, 5.41) is 3.98. The summed E-state index contributed by atoms with van der Waals surface area (Å²) in [5.74, 6) is 0.913. The number of halogens is 1. The van der Waals surface area contributed by atoms with Crippen LogP contribution in [0, 0.1) is 12.7 Å². The SMILES string of the molecule is Cc1nc([C@@H]2CCCN(C(=O)c3cc(-c4ccc(F)cc4)no3)C2)nc2c1CCC(=O)N2C. The van der Waals surface area contributed by atoms with Gasteiger partial charge in [0.1, 0.15) is 23.2 Å². The van der Waals surface area contributed by atoms with Crippen LogP contribution in [0.4, 0.5) is 10.2 Å². The molecule has 0 unspecified atom stereocenters. The normalized spacial score (nSPS) is 18.4. The molecule has 2 amide bonds. The van der Waals surface area contributed by atoms with Gasteiger partial charge in [0.2, 0.25) is 11.7 Å². The highest BCUT2D eigenvalue weighted by atomic mass is 19.1. The Morgan fingerprint density at radius 2 is 1.97 bits per heavy atom. The third-order valence-corrected chi connectivity index (χ3v) is 6.42. The number of likely N-dealkylation sites (tertiary alicyclic amines) is 1. The Kier molecular flexibility index (Phi) is 5.39. The Morgan fingerprint density at radius 3 is 2.76 bits per heavy atom. The van der Waals surface area contributed by atoms with E-state index < -0.39 is 0 Å². The van der Waals surface area contributed by atoms with Crippen molar-refractivity contribution >= 4 is 17.6 Å². The highest BCUT2D eigenvalue weighted by Gasteiger charge is 2.32. The maximum absolute atomic E-state index is 13.2. The zero-order chi connectivity index (χ0) is 23.1. The number of aromatic nitrogens is 3. The summed E-state index contributed by atoms with van der Waals surface area (Å²) in [6.07, 6.45) is 2.79. The molecule has 0 spiro atoms. The number of benzene rings is 1. The summed E-state index contributed by atoms with van der Waals surface area (Å²) >= 11 is 0. The number of rotatable bonds is 3. The van der Waals surface area contributed by atoms with Gasteiger partial charge in [-0.05, 0) is 50.5 Å². The van der Waals surface area contributed by atoms with E-state index in [0.717, 1.165) is 24.1 Å². The lowest BCUT2D eigenvalue weighted by atomic mass is 9.95. The van der Waals surface area contributed by atoms with Crippen LogP contribution < -0.4 is 4.90 Å². The lowest BCUT2D eigenvalue weighted by molar-refractivity contribution is -0.118. The highest BCUT2D eigenvalue weighted by molar-refractivity contribution is 5.95. The maximum atomic E-state index is 13.2. The van der Waals surface area contributed by atoms with E-state index in [-0.39, 0.29) is 29.3 Å². The molecule has 0 bridgehead atoms. The number of carbonyl (C=O) groups excluding carboxylic acids is 2. The Hall–Kier alpha value is -3.62. The average molecular weight is 449 g/mol. The van der Waals surface area contributed by atoms with Gasteiger partial charge in [0, 0.05) is 55.4 Å². The molecule has 33 heavy (non-hydrogen) atoms. The number of amides is 2. The van der Waals surface area contributed by atoms with Gasteiger partial charge < -0.3 is 9.42 Å². The van der Waals surface area contributed by atoms with Gasteiger partial charge in [-0.2, -0.15) is 0 Å². The maximum Gasteiger partial charge on any atom is 0.292 e. The molecule has 0 N–H and O–H groups in total. The first kappa shape index (κ1) is 21.2. The third-order valence-electron chi connectivity index (χ3n) is 6.42. The Balaban J connectivity index is 1.35. The minimum absolute atomic E-state index is 0.0309. The largest absolute Gasteiger partial charge is 0.350 e. The second kappa shape index (κ2) is 8.38. The molecule has 4 heterocycles. The summed E-state index contributed by atoms with van der Waals surface area (Å²) in [6, 6.07) is 7.45. The number of piperidine rings is 1. The summed E-state index contributed by atoms with van der Waals surface area (Å²) in [5.41, 5.74) is 3.05. The quantitative estimate of drug-likeness (QED) is 0.608. The van der Waals surface area contributed by atoms with Crippen LogP contribution in [-0.2, 0) is 11.2 Å². The molecule has 2 aromatic heterocycles. The standard InChI is InChI=1S/C24H24FN5O3/c1-14-18-9-10-21(31)29(2)23(18)27-22(26-14)16-4-3-11-30(13-16)24(32)20-12-19(28-33-20)15-5-7-17(25)8-6-15/h5-8,12,16H,3-4,9-11,13H2,1-2H3/t16-/m1/s1. The van der Waals surface area contributed by atoms with Crippen molar-refractivity contribution in [3.63, 3.8) is 0 Å². The van der Waals surface area contributed by atoms with E-state index in [2.05, 4.69) is 5.16 Å². The van der Waals surface area contributed by atoms with Crippen LogP contribution in [0.15, 0.2) is 34.9 Å². The smallest absolute Gasteiger partial charge is 0.292 e. The number of fused-ring (bicyclic) bond motifs is 1. The fourth-order valence-corrected chi connectivity index (χ4v) is 4.53. The molecule has 2 aliphatic heterocycles. The van der Waals surface area contributed by atoms with E-state index in [0.29, 0.717) is 48.8 Å². The van der Waals surface area contributed by atoms with Gasteiger partial charge in [0.05, 0.1) is 0 Å². The molecule has 0 aliphatic carbocycles. The van der Waals surface area contributed by atoms with Crippen molar-refractivity contribution < 1.29 is 18.5 Å². The number of nitrogens with zero attached hydrogens (tertiary/aromatic N) is 5. The van der Waals surface area contributed by atoms with E-state index >= 15 is 0 Å². The monoisotopic (exact) mass is 449 g/mol. The number of anilines is 1. The van der Waals surface area contributed by atoms with Crippen molar-refractivity contribution in [1.29, 1.82) is 0 Å². The molecule has 1 fully saturated rings. The van der Waals surface area contributed by atoms with Crippen LogP contribution in [0.5, 0.6) is 0 Å². The number of hydrogen-bond acceptors (Lipinski definition) is 6. The average Bonchev–Trinajstić information content (AvgIpc) is 3.32. The molecule has 1 atom stereocenters. The Morgan fingerprint density at radius 1 is 1.18 bits per heavy atom. The van der Waals surface area contributed by atoms with Crippen LogP contribution in [0.25, 0.3) is 11.3 Å². The molecule has 8 nitrogen and oxygen atoms in total. The van der Waals surface area contributed by atoms with Gasteiger partial charge in [0.25, 0.3) is 5.91 Å². The van der Waals surface area contributed by atoms with Gasteiger partial charge in [-0.1, -0.05) is 5.16 Å². The van der Waals surface area contributed by atoms with Crippen LogP contribution >= 0.6 is 0 Å². The van der Waals surface area contributed by atoms with E-state index in [1.165, 1.54) is 12.1 Å². The molecular weight excluding hydrogens is 425 g/mol. The summed E-state index contributed by atoms with van der Waals surface area (Å²) < 4.78 is 18.5. The van der Waals surface area contributed by atoms with Crippen LogP contribution in [0.3, 0.4) is 0 Å². The fraction of sp³-hybridized carbons (Fsp3) is 0.375. The molecule has 0 saturated carbocycles. The predicted octanol–water partition coefficient (Wildman–Crippen LogP) is 3.51. The molecule has 9 heteroatoms. The van der Waals surface area contributed by atoms with Crippen molar-refractivity contribution in [3.05, 3.63) is 59.0 Å². The third kappa shape index (κ3) is 3.99. The van der Waals surface area contributed by atoms with Crippen molar-refractivity contribution in [2.45, 2.75) is 38.5 Å². The lowest BCUT2D eigenvalue weighted by Gasteiger charge is -2.32. The summed E-state index contributed by atoms with van der Waals surface area (Å²) in [7, 11) is 1.75. The molecule has 1 aromatic carbocycles. The molecule has 0 radical (unpaired) electrons. The van der Waals surface area contributed by atoms with Crippen molar-refractivity contribution in [2.75, 3.05) is 25.0 Å². The molecule has 3 aromatic rings. The minimum Gasteiger partial charge on any atom is -0.350 e.